The monoisotopic (exact) mass is 411 g/mol. The molecule has 1 fully saturated rings. The predicted molar refractivity (Wildman–Crippen MR) is 114 cm³/mol. The average molecular weight is 412 g/mol. The number of benzene rings is 2. The van der Waals surface area contributed by atoms with Gasteiger partial charge in [0.1, 0.15) is 16.7 Å². The summed E-state index contributed by atoms with van der Waals surface area (Å²) in [5.74, 6) is -0.856. The van der Waals surface area contributed by atoms with Gasteiger partial charge in [-0.1, -0.05) is 79.1 Å². The molecular formula is C21H17NO4S2. The van der Waals surface area contributed by atoms with E-state index in [4.69, 9.17) is 17.0 Å². The summed E-state index contributed by atoms with van der Waals surface area (Å²) >= 11 is 6.41. The lowest BCUT2D eigenvalue weighted by molar-refractivity contribution is -0.145. The first kappa shape index (κ1) is 19.9. The van der Waals surface area contributed by atoms with Crippen molar-refractivity contribution in [3.8, 4) is 5.75 Å². The van der Waals surface area contributed by atoms with E-state index in [0.717, 1.165) is 22.2 Å². The molecule has 7 heteroatoms. The van der Waals surface area contributed by atoms with Gasteiger partial charge in [0, 0.05) is 0 Å². The molecule has 0 aliphatic carbocycles. The molecule has 1 amide bonds. The number of nitrogens with zero attached hydrogens (tertiary/aromatic N) is 1. The number of thioether (sulfide) groups is 1. The molecule has 2 aromatic carbocycles. The van der Waals surface area contributed by atoms with Crippen molar-refractivity contribution in [1.82, 2.24) is 4.90 Å². The van der Waals surface area contributed by atoms with Crippen molar-refractivity contribution < 1.29 is 19.4 Å². The molecule has 0 saturated carbocycles. The fourth-order valence-electron chi connectivity index (χ4n) is 2.71. The van der Waals surface area contributed by atoms with Gasteiger partial charge in [-0.05, 0) is 29.3 Å². The van der Waals surface area contributed by atoms with Gasteiger partial charge in [0.2, 0.25) is 0 Å². The van der Waals surface area contributed by atoms with Gasteiger partial charge in [0.05, 0.1) is 4.91 Å². The van der Waals surface area contributed by atoms with Gasteiger partial charge in [0.15, 0.2) is 6.04 Å². The SMILES string of the molecule is C=CCOc1ccc(/C=C2\SC(=S)N(C(C(=O)O)c3ccccc3)C2=O)cc1. The van der Waals surface area contributed by atoms with Crippen LogP contribution in [0.2, 0.25) is 0 Å². The Hall–Kier alpha value is -2.90. The molecule has 0 bridgehead atoms. The van der Waals surface area contributed by atoms with Gasteiger partial charge in [-0.25, -0.2) is 4.79 Å². The van der Waals surface area contributed by atoms with E-state index in [1.54, 1.807) is 54.6 Å². The number of carbonyl (C=O) groups excluding carboxylic acids is 1. The lowest BCUT2D eigenvalue weighted by Gasteiger charge is -2.23. The first-order chi connectivity index (χ1) is 13.5. The van der Waals surface area contributed by atoms with E-state index >= 15 is 0 Å². The van der Waals surface area contributed by atoms with Gasteiger partial charge in [-0.2, -0.15) is 0 Å². The van der Waals surface area contributed by atoms with Crippen LogP contribution >= 0.6 is 24.0 Å². The van der Waals surface area contributed by atoms with Crippen LogP contribution in [0, 0.1) is 0 Å². The number of hydrogen-bond acceptors (Lipinski definition) is 5. The van der Waals surface area contributed by atoms with Crippen LogP contribution in [-0.2, 0) is 9.59 Å². The highest BCUT2D eigenvalue weighted by Crippen LogP contribution is 2.38. The van der Waals surface area contributed by atoms with Crippen molar-refractivity contribution in [2.24, 2.45) is 0 Å². The van der Waals surface area contributed by atoms with Crippen LogP contribution in [0.1, 0.15) is 17.2 Å². The lowest BCUT2D eigenvalue weighted by atomic mass is 10.1. The molecule has 28 heavy (non-hydrogen) atoms. The predicted octanol–water partition coefficient (Wildman–Crippen LogP) is 4.28. The third-order valence-electron chi connectivity index (χ3n) is 3.98. The molecule has 2 aromatic rings. The van der Waals surface area contributed by atoms with E-state index in [0.29, 0.717) is 22.8 Å². The molecule has 3 rings (SSSR count). The number of carbonyl (C=O) groups is 2. The highest BCUT2D eigenvalue weighted by atomic mass is 32.2. The highest BCUT2D eigenvalue weighted by molar-refractivity contribution is 8.26. The average Bonchev–Trinajstić information content (AvgIpc) is 2.96. The van der Waals surface area contributed by atoms with Gasteiger partial charge in [-0.3, -0.25) is 9.69 Å². The number of rotatable bonds is 7. The van der Waals surface area contributed by atoms with Gasteiger partial charge < -0.3 is 9.84 Å². The quantitative estimate of drug-likeness (QED) is 0.417. The highest BCUT2D eigenvalue weighted by Gasteiger charge is 2.41. The number of carboxylic acids is 1. The maximum atomic E-state index is 12.9. The number of ether oxygens (including phenoxy) is 1. The zero-order chi connectivity index (χ0) is 20.1. The number of thiocarbonyl (C=S) groups is 1. The van der Waals surface area contributed by atoms with Crippen LogP contribution in [0.5, 0.6) is 5.75 Å². The largest absolute Gasteiger partial charge is 0.490 e. The summed E-state index contributed by atoms with van der Waals surface area (Å²) in [5.41, 5.74) is 1.29. The molecular weight excluding hydrogens is 394 g/mol. The molecule has 1 heterocycles. The van der Waals surface area contributed by atoms with Crippen molar-refractivity contribution in [3.05, 3.63) is 83.3 Å². The van der Waals surface area contributed by atoms with Crippen LogP contribution in [0.25, 0.3) is 6.08 Å². The summed E-state index contributed by atoms with van der Waals surface area (Å²) in [4.78, 5) is 26.3. The summed E-state index contributed by atoms with van der Waals surface area (Å²) in [6.45, 7) is 4.01. The van der Waals surface area contributed by atoms with E-state index in [2.05, 4.69) is 6.58 Å². The van der Waals surface area contributed by atoms with Gasteiger partial charge in [-0.15, -0.1) is 0 Å². The minimum Gasteiger partial charge on any atom is -0.490 e. The maximum Gasteiger partial charge on any atom is 0.331 e. The fraction of sp³-hybridized carbons (Fsp3) is 0.0952. The normalized spacial score (nSPS) is 16.3. The summed E-state index contributed by atoms with van der Waals surface area (Å²) in [6, 6.07) is 14.6. The Balaban J connectivity index is 1.85. The summed E-state index contributed by atoms with van der Waals surface area (Å²) < 4.78 is 5.66. The van der Waals surface area contributed by atoms with Crippen molar-refractivity contribution in [3.63, 3.8) is 0 Å². The van der Waals surface area contributed by atoms with Crippen LogP contribution in [0.4, 0.5) is 0 Å². The van der Waals surface area contributed by atoms with E-state index in [9.17, 15) is 14.7 Å². The Bertz CT molecular complexity index is 939. The Morgan fingerprint density at radius 3 is 2.50 bits per heavy atom. The molecule has 1 N–H and O–H groups in total. The van der Waals surface area contributed by atoms with Gasteiger partial charge in [0.25, 0.3) is 5.91 Å². The molecule has 1 aliphatic heterocycles. The van der Waals surface area contributed by atoms with Gasteiger partial charge >= 0.3 is 5.97 Å². The number of aliphatic carboxylic acids is 1. The summed E-state index contributed by atoms with van der Waals surface area (Å²) in [7, 11) is 0. The lowest BCUT2D eigenvalue weighted by Crippen LogP contribution is -2.37. The number of carboxylic acid groups (broad SMARTS) is 1. The van der Waals surface area contributed by atoms with E-state index in [1.165, 1.54) is 0 Å². The third-order valence-corrected chi connectivity index (χ3v) is 5.31. The molecule has 0 aromatic heterocycles. The topological polar surface area (TPSA) is 66.8 Å². The molecule has 1 unspecified atom stereocenters. The fourth-order valence-corrected chi connectivity index (χ4v) is 4.02. The first-order valence-corrected chi connectivity index (χ1v) is 9.62. The summed E-state index contributed by atoms with van der Waals surface area (Å²) in [6.07, 6.45) is 3.35. The van der Waals surface area contributed by atoms with Crippen molar-refractivity contribution in [2.45, 2.75) is 6.04 Å². The van der Waals surface area contributed by atoms with Crippen molar-refractivity contribution in [2.75, 3.05) is 6.61 Å². The minimum atomic E-state index is -1.16. The standard InChI is InChI=1S/C21H17NO4S2/c1-2-12-26-16-10-8-14(9-11-16)13-17-19(23)22(21(27)28-17)18(20(24)25)15-6-4-3-5-7-15/h2-11,13,18H,1,12H2,(H,24,25)/b17-13-. The van der Waals surface area contributed by atoms with E-state index in [1.807, 2.05) is 12.1 Å². The molecule has 1 aliphatic rings. The van der Waals surface area contributed by atoms with Crippen LogP contribution in [0.3, 0.4) is 0 Å². The second-order valence-corrected chi connectivity index (χ2v) is 7.55. The zero-order valence-corrected chi connectivity index (χ0v) is 16.4. The zero-order valence-electron chi connectivity index (χ0n) is 14.8. The number of hydrogen-bond donors (Lipinski definition) is 1. The molecule has 0 spiro atoms. The molecule has 1 saturated heterocycles. The molecule has 5 nitrogen and oxygen atoms in total. The Kier molecular flexibility index (Phi) is 6.28. The Morgan fingerprint density at radius 1 is 1.21 bits per heavy atom. The van der Waals surface area contributed by atoms with Crippen LogP contribution in [-0.4, -0.2) is 32.8 Å². The van der Waals surface area contributed by atoms with E-state index in [-0.39, 0.29) is 4.32 Å². The van der Waals surface area contributed by atoms with E-state index < -0.39 is 17.9 Å². The van der Waals surface area contributed by atoms with Crippen LogP contribution in [0.15, 0.2) is 72.2 Å². The Morgan fingerprint density at radius 2 is 1.89 bits per heavy atom. The number of amides is 1. The Labute approximate surface area is 172 Å². The molecule has 0 radical (unpaired) electrons. The maximum absolute atomic E-state index is 12.9. The van der Waals surface area contributed by atoms with Crippen molar-refractivity contribution in [1.29, 1.82) is 0 Å². The second-order valence-electron chi connectivity index (χ2n) is 5.87. The second kappa shape index (κ2) is 8.86. The third kappa shape index (κ3) is 4.32. The first-order valence-electron chi connectivity index (χ1n) is 8.40. The minimum absolute atomic E-state index is 0.221. The van der Waals surface area contributed by atoms with Crippen molar-refractivity contribution >= 4 is 46.3 Å². The molecule has 1 atom stereocenters. The molecule has 142 valence electrons. The van der Waals surface area contributed by atoms with Crippen LogP contribution < -0.4 is 4.74 Å². The smallest absolute Gasteiger partial charge is 0.331 e. The summed E-state index contributed by atoms with van der Waals surface area (Å²) in [5, 5.41) is 9.70.